The first-order chi connectivity index (χ1) is 14.5. The molecule has 158 valence electrons. The first-order valence-corrected chi connectivity index (χ1v) is 9.93. The molecule has 3 heterocycles. The molecule has 0 atom stereocenters. The average molecular weight is 410 g/mol. The van der Waals surface area contributed by atoms with Crippen molar-refractivity contribution in [2.45, 2.75) is 20.3 Å². The smallest absolute Gasteiger partial charge is 0.257 e. The molecular formula is C21H26N6O3. The zero-order valence-electron chi connectivity index (χ0n) is 17.8. The lowest BCUT2D eigenvalue weighted by molar-refractivity contribution is -0.130. The summed E-state index contributed by atoms with van der Waals surface area (Å²) in [5.41, 5.74) is 1.95. The van der Waals surface area contributed by atoms with Gasteiger partial charge >= 0.3 is 0 Å². The molecule has 1 amide bonds. The van der Waals surface area contributed by atoms with E-state index in [2.05, 4.69) is 20.1 Å². The second-order valence-electron chi connectivity index (χ2n) is 7.37. The monoisotopic (exact) mass is 410 g/mol. The summed E-state index contributed by atoms with van der Waals surface area (Å²) in [7, 11) is 3.19. The third kappa shape index (κ3) is 3.74. The van der Waals surface area contributed by atoms with Gasteiger partial charge in [-0.05, 0) is 31.5 Å². The van der Waals surface area contributed by atoms with Gasteiger partial charge in [-0.1, -0.05) is 6.07 Å². The van der Waals surface area contributed by atoms with Crippen LogP contribution in [-0.4, -0.2) is 70.8 Å². The summed E-state index contributed by atoms with van der Waals surface area (Å²) in [6.45, 7) is 6.71. The molecule has 4 rings (SSSR count). The van der Waals surface area contributed by atoms with Crippen molar-refractivity contribution in [1.82, 2.24) is 24.5 Å². The molecule has 0 aliphatic carbocycles. The lowest BCUT2D eigenvalue weighted by Gasteiger charge is -2.35. The minimum atomic E-state index is 0.106. The van der Waals surface area contributed by atoms with Crippen LogP contribution >= 0.6 is 0 Å². The third-order valence-electron chi connectivity index (χ3n) is 5.47. The summed E-state index contributed by atoms with van der Waals surface area (Å²) in [6.07, 6.45) is 0.336. The number of ether oxygens (including phenoxy) is 2. The van der Waals surface area contributed by atoms with Crippen LogP contribution in [0.3, 0.4) is 0 Å². The number of nitrogens with zero attached hydrogens (tertiary/aromatic N) is 6. The molecule has 2 aromatic heterocycles. The number of piperazine rings is 1. The highest BCUT2D eigenvalue weighted by Gasteiger charge is 2.23. The zero-order valence-corrected chi connectivity index (χ0v) is 17.8. The van der Waals surface area contributed by atoms with Gasteiger partial charge in [0.25, 0.3) is 5.78 Å². The Bertz CT molecular complexity index is 1070. The van der Waals surface area contributed by atoms with Crippen LogP contribution in [0, 0.1) is 13.8 Å². The predicted octanol–water partition coefficient (Wildman–Crippen LogP) is 1.65. The first kappa shape index (κ1) is 19.9. The summed E-state index contributed by atoms with van der Waals surface area (Å²) in [5, 5.41) is 8.25. The molecule has 1 fully saturated rings. The Morgan fingerprint density at radius 3 is 2.43 bits per heavy atom. The normalized spacial score (nSPS) is 14.3. The minimum absolute atomic E-state index is 0.106. The van der Waals surface area contributed by atoms with Gasteiger partial charge in [-0.3, -0.25) is 9.20 Å². The number of fused-ring (bicyclic) bond motifs is 1. The van der Waals surface area contributed by atoms with Crippen molar-refractivity contribution in [3.63, 3.8) is 0 Å². The van der Waals surface area contributed by atoms with Crippen molar-refractivity contribution in [1.29, 1.82) is 0 Å². The van der Waals surface area contributed by atoms with E-state index in [4.69, 9.17) is 9.47 Å². The molecule has 0 unspecified atom stereocenters. The van der Waals surface area contributed by atoms with Gasteiger partial charge in [0.1, 0.15) is 11.6 Å². The highest BCUT2D eigenvalue weighted by atomic mass is 16.5. The van der Waals surface area contributed by atoms with E-state index in [1.807, 2.05) is 47.4 Å². The maximum Gasteiger partial charge on any atom is 0.257 e. The van der Waals surface area contributed by atoms with Crippen molar-refractivity contribution in [3.05, 3.63) is 41.3 Å². The van der Waals surface area contributed by atoms with Gasteiger partial charge in [0.15, 0.2) is 11.5 Å². The Kier molecular flexibility index (Phi) is 5.43. The van der Waals surface area contributed by atoms with E-state index in [1.54, 1.807) is 14.2 Å². The number of anilines is 1. The molecule has 0 radical (unpaired) electrons. The summed E-state index contributed by atoms with van der Waals surface area (Å²) in [6, 6.07) is 7.63. The molecule has 0 N–H and O–H groups in total. The highest BCUT2D eigenvalue weighted by molar-refractivity contribution is 5.79. The predicted molar refractivity (Wildman–Crippen MR) is 112 cm³/mol. The largest absolute Gasteiger partial charge is 0.493 e. The number of benzene rings is 1. The van der Waals surface area contributed by atoms with Crippen LogP contribution in [0.2, 0.25) is 0 Å². The van der Waals surface area contributed by atoms with Crippen molar-refractivity contribution in [2.75, 3.05) is 45.3 Å². The number of hydrogen-bond donors (Lipinski definition) is 0. The molecule has 1 aliphatic rings. The lowest BCUT2D eigenvalue weighted by Crippen LogP contribution is -2.49. The Morgan fingerprint density at radius 2 is 1.73 bits per heavy atom. The number of methoxy groups -OCH3 is 2. The van der Waals surface area contributed by atoms with Crippen LogP contribution in [0.25, 0.3) is 5.78 Å². The minimum Gasteiger partial charge on any atom is -0.493 e. The molecule has 9 nitrogen and oxygen atoms in total. The van der Waals surface area contributed by atoms with E-state index in [0.717, 1.165) is 36.0 Å². The Morgan fingerprint density at radius 1 is 1.00 bits per heavy atom. The SMILES string of the molecule is COc1ccc(CC(=O)N2CCN(c3cc(C)n4c(C)nnc4n3)CC2)cc1OC. The quantitative estimate of drug-likeness (QED) is 0.632. The van der Waals surface area contributed by atoms with Crippen LogP contribution < -0.4 is 14.4 Å². The summed E-state index contributed by atoms with van der Waals surface area (Å²) < 4.78 is 12.5. The van der Waals surface area contributed by atoms with E-state index in [-0.39, 0.29) is 5.91 Å². The van der Waals surface area contributed by atoms with Crippen molar-refractivity contribution < 1.29 is 14.3 Å². The second kappa shape index (κ2) is 8.17. The van der Waals surface area contributed by atoms with Crippen molar-refractivity contribution in [2.24, 2.45) is 0 Å². The number of aryl methyl sites for hydroxylation is 2. The number of carbonyl (C=O) groups excluding carboxylic acids is 1. The molecule has 1 aromatic carbocycles. The molecule has 1 aliphatic heterocycles. The van der Waals surface area contributed by atoms with E-state index >= 15 is 0 Å². The molecule has 9 heteroatoms. The van der Waals surface area contributed by atoms with Gasteiger partial charge in [-0.25, -0.2) is 0 Å². The van der Waals surface area contributed by atoms with Crippen LogP contribution in [-0.2, 0) is 11.2 Å². The number of rotatable bonds is 5. The number of carbonyl (C=O) groups is 1. The van der Waals surface area contributed by atoms with E-state index in [9.17, 15) is 4.79 Å². The molecule has 3 aromatic rings. The van der Waals surface area contributed by atoms with Crippen LogP contribution in [0.4, 0.5) is 5.82 Å². The van der Waals surface area contributed by atoms with Crippen LogP contribution in [0.1, 0.15) is 17.1 Å². The van der Waals surface area contributed by atoms with E-state index in [0.29, 0.717) is 36.8 Å². The Labute approximate surface area is 175 Å². The number of hydrogen-bond acceptors (Lipinski definition) is 7. The van der Waals surface area contributed by atoms with Gasteiger partial charge in [-0.15, -0.1) is 10.2 Å². The fourth-order valence-electron chi connectivity index (χ4n) is 3.85. The topological polar surface area (TPSA) is 85.1 Å². The summed E-state index contributed by atoms with van der Waals surface area (Å²) in [4.78, 5) is 21.5. The first-order valence-electron chi connectivity index (χ1n) is 9.93. The molecular weight excluding hydrogens is 384 g/mol. The molecule has 1 saturated heterocycles. The van der Waals surface area contributed by atoms with Gasteiger partial charge in [-0.2, -0.15) is 4.98 Å². The fourth-order valence-corrected chi connectivity index (χ4v) is 3.85. The number of amides is 1. The van der Waals surface area contributed by atoms with Crippen molar-refractivity contribution in [3.8, 4) is 11.5 Å². The van der Waals surface area contributed by atoms with E-state index < -0.39 is 0 Å². The van der Waals surface area contributed by atoms with E-state index in [1.165, 1.54) is 0 Å². The standard InChI is InChI=1S/C21H26N6O3/c1-14-11-19(22-21-24-23-15(2)27(14)21)25-7-9-26(10-8-25)20(28)13-16-5-6-17(29-3)18(12-16)30-4/h5-6,11-12H,7-10,13H2,1-4H3. The lowest BCUT2D eigenvalue weighted by atomic mass is 10.1. The highest BCUT2D eigenvalue weighted by Crippen LogP contribution is 2.28. The number of aromatic nitrogens is 4. The summed E-state index contributed by atoms with van der Waals surface area (Å²) in [5.74, 6) is 3.70. The average Bonchev–Trinajstić information content (AvgIpc) is 3.15. The second-order valence-corrected chi connectivity index (χ2v) is 7.37. The van der Waals surface area contributed by atoms with Crippen LogP contribution in [0.5, 0.6) is 11.5 Å². The maximum absolute atomic E-state index is 12.8. The van der Waals surface area contributed by atoms with Crippen molar-refractivity contribution >= 4 is 17.5 Å². The third-order valence-corrected chi connectivity index (χ3v) is 5.47. The maximum atomic E-state index is 12.8. The van der Waals surface area contributed by atoms with Gasteiger partial charge in [0.05, 0.1) is 20.6 Å². The van der Waals surface area contributed by atoms with Gasteiger partial charge < -0.3 is 19.3 Å². The molecule has 0 spiro atoms. The Hall–Kier alpha value is -3.36. The summed E-state index contributed by atoms with van der Waals surface area (Å²) >= 11 is 0. The van der Waals surface area contributed by atoms with Crippen LogP contribution in [0.15, 0.2) is 24.3 Å². The molecule has 0 saturated carbocycles. The van der Waals surface area contributed by atoms with Gasteiger partial charge in [0.2, 0.25) is 5.91 Å². The Balaban J connectivity index is 1.40. The fraction of sp³-hybridized carbons (Fsp3) is 0.429. The zero-order chi connectivity index (χ0) is 21.3. The molecule has 0 bridgehead atoms. The van der Waals surface area contributed by atoms with Gasteiger partial charge in [0, 0.05) is 37.9 Å². The molecule has 30 heavy (non-hydrogen) atoms.